The second kappa shape index (κ2) is 7.81. The van der Waals surface area contributed by atoms with Gasteiger partial charge < -0.3 is 19.5 Å². The average molecular weight is 436 g/mol. The number of hydrogen-bond donors (Lipinski definition) is 1. The first-order chi connectivity index (χ1) is 16.2. The number of aromatic nitrogens is 3. The second-order valence-corrected chi connectivity index (χ2v) is 8.63. The summed E-state index contributed by atoms with van der Waals surface area (Å²) in [5.74, 6) is 1.81. The predicted molar refractivity (Wildman–Crippen MR) is 134 cm³/mol. The van der Waals surface area contributed by atoms with E-state index in [9.17, 15) is 0 Å². The van der Waals surface area contributed by atoms with Crippen molar-refractivity contribution in [2.45, 2.75) is 6.54 Å². The zero-order valence-corrected chi connectivity index (χ0v) is 18.7. The van der Waals surface area contributed by atoms with Crippen LogP contribution in [0.2, 0.25) is 0 Å². The minimum atomic E-state index is 0.649. The van der Waals surface area contributed by atoms with Crippen LogP contribution in [0.25, 0.3) is 33.1 Å². The number of para-hydroxylation sites is 1. The quantitative estimate of drug-likeness (QED) is 0.420. The van der Waals surface area contributed by atoms with Gasteiger partial charge >= 0.3 is 0 Å². The first kappa shape index (κ1) is 19.6. The van der Waals surface area contributed by atoms with E-state index in [-0.39, 0.29) is 0 Å². The summed E-state index contributed by atoms with van der Waals surface area (Å²) in [6.07, 6.45) is 1.89. The first-order valence-electron chi connectivity index (χ1n) is 11.2. The summed E-state index contributed by atoms with van der Waals surface area (Å²) in [5, 5.41) is 1.17. The first-order valence-corrected chi connectivity index (χ1v) is 11.2. The number of anilines is 2. The molecule has 1 N–H and O–H groups in total. The monoisotopic (exact) mass is 435 g/mol. The lowest BCUT2D eigenvalue weighted by Gasteiger charge is -2.23. The van der Waals surface area contributed by atoms with Gasteiger partial charge in [0.05, 0.1) is 23.1 Å². The molecule has 164 valence electrons. The number of benzene rings is 3. The predicted octanol–water partition coefficient (Wildman–Crippen LogP) is 5.24. The number of fused-ring (bicyclic) bond motifs is 3. The number of rotatable bonds is 3. The third-order valence-electron chi connectivity index (χ3n) is 6.23. The van der Waals surface area contributed by atoms with E-state index in [0.717, 1.165) is 46.9 Å². The van der Waals surface area contributed by atoms with E-state index in [1.54, 1.807) is 0 Å². The molecule has 6 heteroatoms. The molecule has 0 aliphatic carbocycles. The van der Waals surface area contributed by atoms with E-state index in [4.69, 9.17) is 4.74 Å². The molecule has 0 amide bonds. The Bertz CT molecular complexity index is 1470. The molecule has 0 radical (unpaired) electrons. The molecule has 0 unspecified atom stereocenters. The Labute approximate surface area is 192 Å². The number of pyridine rings is 1. The average Bonchev–Trinajstić information content (AvgIpc) is 3.16. The summed E-state index contributed by atoms with van der Waals surface area (Å²) < 4.78 is 6.12. The molecule has 33 heavy (non-hydrogen) atoms. The van der Waals surface area contributed by atoms with Crippen LogP contribution in [0.5, 0.6) is 5.75 Å². The van der Waals surface area contributed by atoms with Crippen molar-refractivity contribution in [3.63, 3.8) is 0 Å². The number of ether oxygens (including phenoxy) is 1. The minimum Gasteiger partial charge on any atom is -0.491 e. The molecule has 5 aromatic rings. The number of H-pyrrole nitrogens is 1. The van der Waals surface area contributed by atoms with Gasteiger partial charge in [0.15, 0.2) is 0 Å². The SMILES string of the molecule is CN(C)c1nc2ccc(-c3ccc4c(c3)CN(c3ccnc5ccccc35)CCO4)cc2[nH]1. The summed E-state index contributed by atoms with van der Waals surface area (Å²) >= 11 is 0. The normalized spacial score (nSPS) is 13.6. The minimum absolute atomic E-state index is 0.649. The lowest BCUT2D eigenvalue weighted by atomic mass is 10.0. The van der Waals surface area contributed by atoms with Gasteiger partial charge in [-0.1, -0.05) is 30.3 Å². The lowest BCUT2D eigenvalue weighted by molar-refractivity contribution is 0.332. The number of aromatic amines is 1. The Morgan fingerprint density at radius 3 is 2.70 bits per heavy atom. The van der Waals surface area contributed by atoms with Crippen LogP contribution < -0.4 is 14.5 Å². The number of hydrogen-bond acceptors (Lipinski definition) is 5. The fraction of sp³-hybridized carbons (Fsp3) is 0.185. The Kier molecular flexibility index (Phi) is 4.64. The van der Waals surface area contributed by atoms with E-state index >= 15 is 0 Å². The standard InChI is InChI=1S/C27H25N5O/c1-31(2)27-29-23-9-7-19(16-24(23)30-27)18-8-10-26-20(15-18)17-32(13-14-33-26)25-11-12-28-22-6-4-3-5-21(22)25/h3-12,15-16H,13-14,17H2,1-2H3,(H,29,30). The highest BCUT2D eigenvalue weighted by molar-refractivity contribution is 5.91. The van der Waals surface area contributed by atoms with Crippen LogP contribution in [0.15, 0.2) is 72.9 Å². The van der Waals surface area contributed by atoms with E-state index < -0.39 is 0 Å². The molecule has 6 rings (SSSR count). The van der Waals surface area contributed by atoms with E-state index in [1.165, 1.54) is 22.2 Å². The molecule has 0 saturated heterocycles. The molecule has 3 heterocycles. The Balaban J connectivity index is 1.37. The van der Waals surface area contributed by atoms with Gasteiger partial charge in [0.2, 0.25) is 5.95 Å². The van der Waals surface area contributed by atoms with Gasteiger partial charge in [0.1, 0.15) is 12.4 Å². The van der Waals surface area contributed by atoms with Crippen LogP contribution in [0, 0.1) is 0 Å². The van der Waals surface area contributed by atoms with Gasteiger partial charge in [-0.2, -0.15) is 0 Å². The van der Waals surface area contributed by atoms with Crippen LogP contribution in [0.1, 0.15) is 5.56 Å². The van der Waals surface area contributed by atoms with Gasteiger partial charge in [0.25, 0.3) is 0 Å². The molecule has 6 nitrogen and oxygen atoms in total. The van der Waals surface area contributed by atoms with Crippen LogP contribution in [0.4, 0.5) is 11.6 Å². The Morgan fingerprint density at radius 2 is 1.79 bits per heavy atom. The van der Waals surface area contributed by atoms with Crippen molar-refractivity contribution < 1.29 is 4.74 Å². The highest BCUT2D eigenvalue weighted by atomic mass is 16.5. The molecule has 2 aromatic heterocycles. The van der Waals surface area contributed by atoms with E-state index in [1.807, 2.05) is 31.3 Å². The molecular formula is C27H25N5O. The molecule has 0 atom stereocenters. The maximum atomic E-state index is 6.12. The summed E-state index contributed by atoms with van der Waals surface area (Å²) in [6, 6.07) is 23.3. The number of imidazole rings is 1. The van der Waals surface area contributed by atoms with Gasteiger partial charge in [-0.25, -0.2) is 4.98 Å². The highest BCUT2D eigenvalue weighted by Gasteiger charge is 2.18. The van der Waals surface area contributed by atoms with Crippen LogP contribution in [0.3, 0.4) is 0 Å². The fourth-order valence-corrected chi connectivity index (χ4v) is 4.52. The number of nitrogens with zero attached hydrogens (tertiary/aromatic N) is 4. The summed E-state index contributed by atoms with van der Waals surface area (Å²) in [5.41, 5.74) is 7.72. The molecule has 0 bridgehead atoms. The lowest BCUT2D eigenvalue weighted by Crippen LogP contribution is -2.25. The summed E-state index contributed by atoms with van der Waals surface area (Å²) in [7, 11) is 3.98. The van der Waals surface area contributed by atoms with E-state index in [0.29, 0.717) is 6.61 Å². The molecule has 0 spiro atoms. The van der Waals surface area contributed by atoms with Crippen molar-refractivity contribution in [1.29, 1.82) is 0 Å². The molecular weight excluding hydrogens is 410 g/mol. The molecule has 1 aliphatic rings. The van der Waals surface area contributed by atoms with Crippen molar-refractivity contribution in [3.05, 3.63) is 78.5 Å². The Hall–Kier alpha value is -4.06. The zero-order chi connectivity index (χ0) is 22.4. The zero-order valence-electron chi connectivity index (χ0n) is 18.7. The van der Waals surface area contributed by atoms with Crippen molar-refractivity contribution in [1.82, 2.24) is 15.0 Å². The Morgan fingerprint density at radius 1 is 0.939 bits per heavy atom. The van der Waals surface area contributed by atoms with Crippen molar-refractivity contribution in [2.75, 3.05) is 37.0 Å². The van der Waals surface area contributed by atoms with Gasteiger partial charge in [-0.15, -0.1) is 0 Å². The van der Waals surface area contributed by atoms with Crippen LogP contribution in [-0.4, -0.2) is 42.2 Å². The van der Waals surface area contributed by atoms with E-state index in [2.05, 4.69) is 80.5 Å². The maximum Gasteiger partial charge on any atom is 0.203 e. The maximum absolute atomic E-state index is 6.12. The molecule has 0 saturated carbocycles. The van der Waals surface area contributed by atoms with Gasteiger partial charge in [-0.05, 0) is 47.5 Å². The van der Waals surface area contributed by atoms with Crippen LogP contribution >= 0.6 is 0 Å². The highest BCUT2D eigenvalue weighted by Crippen LogP contribution is 2.34. The summed E-state index contributed by atoms with van der Waals surface area (Å²) in [6.45, 7) is 2.26. The molecule has 0 fully saturated rings. The third kappa shape index (κ3) is 3.53. The molecule has 1 aliphatic heterocycles. The topological polar surface area (TPSA) is 57.3 Å². The second-order valence-electron chi connectivity index (χ2n) is 8.63. The number of nitrogens with one attached hydrogen (secondary N) is 1. The van der Waals surface area contributed by atoms with Crippen LogP contribution in [-0.2, 0) is 6.54 Å². The van der Waals surface area contributed by atoms with Gasteiger partial charge in [0, 0.05) is 43.5 Å². The smallest absolute Gasteiger partial charge is 0.203 e. The van der Waals surface area contributed by atoms with Crippen molar-refractivity contribution in [2.24, 2.45) is 0 Å². The van der Waals surface area contributed by atoms with Crippen molar-refractivity contribution >= 4 is 33.6 Å². The third-order valence-corrected chi connectivity index (χ3v) is 6.23. The van der Waals surface area contributed by atoms with Gasteiger partial charge in [-0.3, -0.25) is 4.98 Å². The fourth-order valence-electron chi connectivity index (χ4n) is 4.52. The summed E-state index contributed by atoms with van der Waals surface area (Å²) in [4.78, 5) is 16.9. The van der Waals surface area contributed by atoms with Crippen molar-refractivity contribution in [3.8, 4) is 16.9 Å². The largest absolute Gasteiger partial charge is 0.491 e. The molecule has 3 aromatic carbocycles.